The van der Waals surface area contributed by atoms with Crippen molar-refractivity contribution in [3.8, 4) is 0 Å². The molecule has 0 heterocycles. The van der Waals surface area contributed by atoms with Gasteiger partial charge in [0.15, 0.2) is 5.11 Å². The van der Waals surface area contributed by atoms with Gasteiger partial charge in [0.25, 0.3) is 6.02 Å². The third-order valence-corrected chi connectivity index (χ3v) is 2.15. The van der Waals surface area contributed by atoms with Gasteiger partial charge in [-0.15, -0.1) is 0 Å². The zero-order chi connectivity index (χ0) is 9.68. The number of aliphatic imine (C=N–C) groups is 1. The first-order chi connectivity index (χ1) is 6.18. The smallest absolute Gasteiger partial charge is 0.289 e. The summed E-state index contributed by atoms with van der Waals surface area (Å²) in [6, 6.07) is 0.0967. The molecule has 0 radical (unpaired) electrons. The summed E-state index contributed by atoms with van der Waals surface area (Å²) in [5, 5.41) is 0.0216. The molecule has 0 atom stereocenters. The first-order valence-corrected chi connectivity index (χ1v) is 4.89. The van der Waals surface area contributed by atoms with Gasteiger partial charge in [-0.25, -0.2) is 0 Å². The van der Waals surface area contributed by atoms with E-state index in [4.69, 9.17) is 16.2 Å². The van der Waals surface area contributed by atoms with E-state index < -0.39 is 0 Å². The molecule has 1 aliphatic carbocycles. The van der Waals surface area contributed by atoms with Gasteiger partial charge in [0.05, 0.1) is 0 Å². The van der Waals surface area contributed by atoms with Gasteiger partial charge in [0, 0.05) is 0 Å². The van der Waals surface area contributed by atoms with Crippen molar-refractivity contribution in [1.29, 1.82) is 0 Å². The standard InChI is InChI=1S/C8H15N3OS/c9-7(11-8(10)13)12-6-4-2-1-3-5-6/h6H,1-5H2,(H4,9,10,11,13). The van der Waals surface area contributed by atoms with Crippen LogP contribution in [0.5, 0.6) is 0 Å². The van der Waals surface area contributed by atoms with Crippen molar-refractivity contribution in [1.82, 2.24) is 0 Å². The zero-order valence-corrected chi connectivity index (χ0v) is 8.35. The molecule has 1 rings (SSSR count). The van der Waals surface area contributed by atoms with Crippen LogP contribution in [0.15, 0.2) is 4.99 Å². The quantitative estimate of drug-likeness (QED) is 0.375. The van der Waals surface area contributed by atoms with Crippen LogP contribution >= 0.6 is 12.2 Å². The lowest BCUT2D eigenvalue weighted by atomic mass is 9.98. The Kier molecular flexibility index (Phi) is 3.95. The van der Waals surface area contributed by atoms with Gasteiger partial charge in [-0.05, 0) is 37.9 Å². The van der Waals surface area contributed by atoms with E-state index in [9.17, 15) is 0 Å². The molecule has 0 amide bonds. The van der Waals surface area contributed by atoms with Crippen LogP contribution in [-0.2, 0) is 4.74 Å². The molecule has 4 nitrogen and oxygen atoms in total. The van der Waals surface area contributed by atoms with Crippen molar-refractivity contribution in [2.75, 3.05) is 0 Å². The Morgan fingerprint density at radius 3 is 2.38 bits per heavy atom. The summed E-state index contributed by atoms with van der Waals surface area (Å²) in [5.74, 6) is 0. The molecule has 4 N–H and O–H groups in total. The Hall–Kier alpha value is -0.840. The fourth-order valence-electron chi connectivity index (χ4n) is 1.49. The fourth-order valence-corrected chi connectivity index (χ4v) is 1.58. The Bertz CT molecular complexity index is 211. The molecule has 0 spiro atoms. The number of hydrogen-bond acceptors (Lipinski definition) is 2. The van der Waals surface area contributed by atoms with Gasteiger partial charge in [-0.3, -0.25) is 0 Å². The molecule has 0 saturated heterocycles. The molecule has 1 saturated carbocycles. The van der Waals surface area contributed by atoms with Crippen LogP contribution in [0.3, 0.4) is 0 Å². The number of amidine groups is 1. The van der Waals surface area contributed by atoms with Crippen LogP contribution in [0.1, 0.15) is 32.1 Å². The van der Waals surface area contributed by atoms with E-state index in [1.54, 1.807) is 0 Å². The summed E-state index contributed by atoms with van der Waals surface area (Å²) in [5.41, 5.74) is 10.6. The topological polar surface area (TPSA) is 73.6 Å². The van der Waals surface area contributed by atoms with Crippen molar-refractivity contribution in [2.45, 2.75) is 38.2 Å². The highest BCUT2D eigenvalue weighted by Crippen LogP contribution is 2.19. The van der Waals surface area contributed by atoms with Crippen LogP contribution < -0.4 is 11.5 Å². The van der Waals surface area contributed by atoms with Crippen LogP contribution in [0.4, 0.5) is 0 Å². The first kappa shape index (κ1) is 10.2. The molecule has 0 aromatic heterocycles. The predicted molar refractivity (Wildman–Crippen MR) is 56.4 cm³/mol. The molecule has 5 heteroatoms. The Labute approximate surface area is 83.3 Å². The van der Waals surface area contributed by atoms with Gasteiger partial charge in [-0.2, -0.15) is 4.99 Å². The van der Waals surface area contributed by atoms with Crippen molar-refractivity contribution in [3.05, 3.63) is 0 Å². The largest absolute Gasteiger partial charge is 0.462 e. The Morgan fingerprint density at radius 2 is 1.85 bits per heavy atom. The van der Waals surface area contributed by atoms with Gasteiger partial charge in [0.1, 0.15) is 6.10 Å². The van der Waals surface area contributed by atoms with Crippen molar-refractivity contribution in [3.63, 3.8) is 0 Å². The number of nitrogens with zero attached hydrogens (tertiary/aromatic N) is 1. The Balaban J connectivity index is 2.33. The Morgan fingerprint density at radius 1 is 1.23 bits per heavy atom. The van der Waals surface area contributed by atoms with Gasteiger partial charge < -0.3 is 16.2 Å². The van der Waals surface area contributed by atoms with E-state index in [0.717, 1.165) is 12.8 Å². The molecule has 0 bridgehead atoms. The van der Waals surface area contributed by atoms with Crippen LogP contribution in [0.2, 0.25) is 0 Å². The summed E-state index contributed by atoms with van der Waals surface area (Å²) in [6.07, 6.45) is 5.98. The monoisotopic (exact) mass is 201 g/mol. The maximum atomic E-state index is 5.47. The maximum Gasteiger partial charge on any atom is 0.289 e. The molecule has 0 unspecified atom stereocenters. The van der Waals surface area contributed by atoms with Crippen molar-refractivity contribution < 1.29 is 4.74 Å². The lowest BCUT2D eigenvalue weighted by Crippen LogP contribution is -2.27. The summed E-state index contributed by atoms with van der Waals surface area (Å²) >= 11 is 4.57. The average molecular weight is 201 g/mol. The van der Waals surface area contributed by atoms with E-state index in [-0.39, 0.29) is 17.2 Å². The average Bonchev–Trinajstić information content (AvgIpc) is 2.04. The van der Waals surface area contributed by atoms with E-state index in [0.29, 0.717) is 0 Å². The van der Waals surface area contributed by atoms with Crippen LogP contribution in [-0.4, -0.2) is 17.2 Å². The molecule has 0 aromatic rings. The zero-order valence-electron chi connectivity index (χ0n) is 7.53. The number of nitrogens with two attached hydrogens (primary N) is 2. The SMILES string of the molecule is NC(=S)/N=C(\N)OC1CCCCC1. The summed E-state index contributed by atoms with van der Waals surface area (Å²) in [7, 11) is 0. The van der Waals surface area contributed by atoms with Gasteiger partial charge in [0.2, 0.25) is 0 Å². The second-order valence-electron chi connectivity index (χ2n) is 3.17. The molecular formula is C8H15N3OS. The minimum absolute atomic E-state index is 0.0216. The summed E-state index contributed by atoms with van der Waals surface area (Å²) in [4.78, 5) is 3.65. The van der Waals surface area contributed by atoms with E-state index in [1.165, 1.54) is 19.3 Å². The second-order valence-corrected chi connectivity index (χ2v) is 3.58. The highest BCUT2D eigenvalue weighted by molar-refractivity contribution is 7.80. The normalized spacial score (nSPS) is 19.8. The molecule has 0 aromatic carbocycles. The number of thiocarbonyl (C=S) groups is 1. The maximum absolute atomic E-state index is 5.47. The third kappa shape index (κ3) is 4.07. The minimum atomic E-state index is 0.0216. The van der Waals surface area contributed by atoms with E-state index >= 15 is 0 Å². The van der Waals surface area contributed by atoms with Crippen molar-refractivity contribution in [2.24, 2.45) is 16.5 Å². The summed E-state index contributed by atoms with van der Waals surface area (Å²) < 4.78 is 5.36. The first-order valence-electron chi connectivity index (χ1n) is 4.49. The van der Waals surface area contributed by atoms with Crippen LogP contribution in [0.25, 0.3) is 0 Å². The van der Waals surface area contributed by atoms with Gasteiger partial charge >= 0.3 is 0 Å². The molecule has 1 fully saturated rings. The van der Waals surface area contributed by atoms with E-state index in [1.807, 2.05) is 0 Å². The molecule has 74 valence electrons. The molecular weight excluding hydrogens is 186 g/mol. The molecule has 1 aliphatic rings. The second kappa shape index (κ2) is 5.01. The van der Waals surface area contributed by atoms with E-state index in [2.05, 4.69) is 17.2 Å². The van der Waals surface area contributed by atoms with Crippen LogP contribution in [0, 0.1) is 0 Å². The molecule has 13 heavy (non-hydrogen) atoms. The predicted octanol–water partition coefficient (Wildman–Crippen LogP) is 0.894. The number of rotatable bonds is 1. The van der Waals surface area contributed by atoms with Crippen molar-refractivity contribution >= 4 is 23.4 Å². The summed E-state index contributed by atoms with van der Waals surface area (Å²) in [6.45, 7) is 0. The fraction of sp³-hybridized carbons (Fsp3) is 0.750. The van der Waals surface area contributed by atoms with Gasteiger partial charge in [-0.1, -0.05) is 6.42 Å². The highest BCUT2D eigenvalue weighted by Gasteiger charge is 2.15. The highest BCUT2D eigenvalue weighted by atomic mass is 32.1. The lowest BCUT2D eigenvalue weighted by Gasteiger charge is -2.21. The lowest BCUT2D eigenvalue weighted by molar-refractivity contribution is 0.140. The minimum Gasteiger partial charge on any atom is -0.462 e. The molecule has 0 aliphatic heterocycles. The number of hydrogen-bond donors (Lipinski definition) is 2. The third-order valence-electron chi connectivity index (χ3n) is 2.06. The number of ether oxygens (including phenoxy) is 1.